The molecule has 0 amide bonds. The van der Waals surface area contributed by atoms with E-state index >= 15 is 0 Å². The molecule has 0 aromatic carbocycles. The zero-order valence-corrected chi connectivity index (χ0v) is 20.1. The van der Waals surface area contributed by atoms with Gasteiger partial charge in [0.1, 0.15) is 0 Å². The number of fused-ring (bicyclic) bond motifs is 4. The summed E-state index contributed by atoms with van der Waals surface area (Å²) in [5.41, 5.74) is 6.01. The molecule has 2 unspecified atom stereocenters. The number of rotatable bonds is 4. The second-order valence-electron chi connectivity index (χ2n) is 12.3. The maximum Gasteiger partial charge on any atom is 0.0594 e. The van der Waals surface area contributed by atoms with Crippen LogP contribution in [0.3, 0.4) is 0 Å². The first kappa shape index (κ1) is 21.6. The SMILES string of the molecule is C[C@@H](CCN(C)C)[C@H]1CC=C2C3=C(CC[C@@]21C)[C@@]1(C)CCC(O)C(C)(C)C1CC3. The van der Waals surface area contributed by atoms with E-state index in [1.807, 2.05) is 0 Å². The van der Waals surface area contributed by atoms with E-state index in [1.165, 1.54) is 51.5 Å². The maximum absolute atomic E-state index is 10.7. The van der Waals surface area contributed by atoms with Crippen molar-refractivity contribution >= 4 is 0 Å². The van der Waals surface area contributed by atoms with Crippen molar-refractivity contribution < 1.29 is 5.11 Å². The van der Waals surface area contributed by atoms with Crippen LogP contribution in [0.5, 0.6) is 0 Å². The molecule has 4 rings (SSSR count). The van der Waals surface area contributed by atoms with Crippen molar-refractivity contribution in [3.05, 3.63) is 22.8 Å². The molecule has 1 saturated carbocycles. The normalized spacial score (nSPS) is 42.2. The van der Waals surface area contributed by atoms with E-state index in [1.54, 1.807) is 16.7 Å². The van der Waals surface area contributed by atoms with Gasteiger partial charge in [-0.2, -0.15) is 0 Å². The van der Waals surface area contributed by atoms with Gasteiger partial charge in [-0.05, 0) is 117 Å². The molecule has 0 aromatic rings. The van der Waals surface area contributed by atoms with Gasteiger partial charge < -0.3 is 10.0 Å². The van der Waals surface area contributed by atoms with Crippen LogP contribution in [0, 0.1) is 34.0 Å². The van der Waals surface area contributed by atoms with Crippen LogP contribution in [0.4, 0.5) is 0 Å². The van der Waals surface area contributed by atoms with Crippen LogP contribution in [0.1, 0.15) is 86.0 Å². The lowest BCUT2D eigenvalue weighted by atomic mass is 9.46. The van der Waals surface area contributed by atoms with Crippen LogP contribution >= 0.6 is 0 Å². The van der Waals surface area contributed by atoms with Gasteiger partial charge in [0, 0.05) is 0 Å². The number of allylic oxidation sites excluding steroid dienone is 4. The Bertz CT molecular complexity index is 716. The molecule has 1 N–H and O–H groups in total. The van der Waals surface area contributed by atoms with Crippen LogP contribution in [0.15, 0.2) is 22.8 Å². The number of aliphatic hydroxyl groups excluding tert-OH is 1. The van der Waals surface area contributed by atoms with Crippen molar-refractivity contribution in [2.75, 3.05) is 20.6 Å². The average Bonchev–Trinajstić information content (AvgIpc) is 3.00. The summed E-state index contributed by atoms with van der Waals surface area (Å²) in [6, 6.07) is 0. The Labute approximate surface area is 179 Å². The lowest BCUT2D eigenvalue weighted by Gasteiger charge is -2.59. The van der Waals surface area contributed by atoms with E-state index in [0.717, 1.165) is 18.3 Å². The summed E-state index contributed by atoms with van der Waals surface area (Å²) in [5.74, 6) is 2.22. The standard InChI is InChI=1S/C27H45NO/c1-18(14-17-28(6)7)20-9-10-21-19-8-11-23-25(2,3)24(29)13-16-27(23,5)22(19)12-15-26(20,21)4/h10,18,20,23-24,29H,8-9,11-17H2,1-7H3/t18-,20+,23?,24?,26+,27+/m0/s1. The Kier molecular flexibility index (Phi) is 5.39. The molecule has 2 heteroatoms. The van der Waals surface area contributed by atoms with Gasteiger partial charge in [-0.25, -0.2) is 0 Å². The van der Waals surface area contributed by atoms with Gasteiger partial charge in [-0.15, -0.1) is 0 Å². The largest absolute Gasteiger partial charge is 0.393 e. The first-order valence-electron chi connectivity index (χ1n) is 12.3. The fraction of sp³-hybridized carbons (Fsp3) is 0.852. The summed E-state index contributed by atoms with van der Waals surface area (Å²) in [5, 5.41) is 10.7. The van der Waals surface area contributed by atoms with Crippen LogP contribution < -0.4 is 0 Å². The summed E-state index contributed by atoms with van der Waals surface area (Å²) in [6.07, 6.45) is 12.4. The van der Waals surface area contributed by atoms with Crippen molar-refractivity contribution in [1.29, 1.82) is 0 Å². The molecule has 1 fully saturated rings. The van der Waals surface area contributed by atoms with Gasteiger partial charge in [0.25, 0.3) is 0 Å². The second-order valence-corrected chi connectivity index (χ2v) is 12.3. The summed E-state index contributed by atoms with van der Waals surface area (Å²) in [7, 11) is 4.40. The number of hydrogen-bond acceptors (Lipinski definition) is 2. The Morgan fingerprint density at radius 3 is 2.48 bits per heavy atom. The third kappa shape index (κ3) is 3.19. The van der Waals surface area contributed by atoms with Crippen molar-refractivity contribution in [3.8, 4) is 0 Å². The molecule has 29 heavy (non-hydrogen) atoms. The van der Waals surface area contributed by atoms with E-state index in [4.69, 9.17) is 0 Å². The molecule has 4 aliphatic rings. The summed E-state index contributed by atoms with van der Waals surface area (Å²) < 4.78 is 0. The Morgan fingerprint density at radius 1 is 1.07 bits per heavy atom. The van der Waals surface area contributed by atoms with Gasteiger partial charge in [-0.3, -0.25) is 0 Å². The molecule has 2 nitrogen and oxygen atoms in total. The smallest absolute Gasteiger partial charge is 0.0594 e. The zero-order valence-electron chi connectivity index (χ0n) is 20.1. The fourth-order valence-corrected chi connectivity index (χ4v) is 8.24. The van der Waals surface area contributed by atoms with Gasteiger partial charge in [0.15, 0.2) is 0 Å². The third-order valence-electron chi connectivity index (χ3n) is 10.1. The lowest BCUT2D eigenvalue weighted by molar-refractivity contribution is -0.0905. The molecule has 0 saturated heterocycles. The molecule has 6 atom stereocenters. The van der Waals surface area contributed by atoms with Crippen molar-refractivity contribution in [1.82, 2.24) is 4.90 Å². The quantitative estimate of drug-likeness (QED) is 0.607. The minimum absolute atomic E-state index is 0.0412. The highest BCUT2D eigenvalue weighted by molar-refractivity contribution is 5.49. The number of hydrogen-bond donors (Lipinski definition) is 1. The molecule has 0 aromatic heterocycles. The Morgan fingerprint density at radius 2 is 1.79 bits per heavy atom. The van der Waals surface area contributed by atoms with E-state index in [0.29, 0.717) is 16.7 Å². The van der Waals surface area contributed by atoms with Crippen molar-refractivity contribution in [2.24, 2.45) is 34.0 Å². The van der Waals surface area contributed by atoms with E-state index in [9.17, 15) is 5.11 Å². The number of nitrogens with zero attached hydrogens (tertiary/aromatic N) is 1. The molecular weight excluding hydrogens is 354 g/mol. The molecule has 0 spiro atoms. The van der Waals surface area contributed by atoms with Crippen LogP contribution in [-0.2, 0) is 0 Å². The summed E-state index contributed by atoms with van der Waals surface area (Å²) in [4.78, 5) is 2.34. The van der Waals surface area contributed by atoms with Crippen LogP contribution in [0.25, 0.3) is 0 Å². The van der Waals surface area contributed by atoms with Gasteiger partial charge in [0.2, 0.25) is 0 Å². The Hall–Kier alpha value is -0.600. The zero-order chi connectivity index (χ0) is 21.2. The lowest BCUT2D eigenvalue weighted by Crippen LogP contribution is -2.53. The topological polar surface area (TPSA) is 23.5 Å². The fourth-order valence-electron chi connectivity index (χ4n) is 8.24. The monoisotopic (exact) mass is 399 g/mol. The minimum Gasteiger partial charge on any atom is -0.393 e. The average molecular weight is 400 g/mol. The molecule has 4 aliphatic carbocycles. The highest BCUT2D eigenvalue weighted by Gasteiger charge is 2.57. The first-order chi connectivity index (χ1) is 13.5. The van der Waals surface area contributed by atoms with E-state index in [-0.39, 0.29) is 11.5 Å². The third-order valence-corrected chi connectivity index (χ3v) is 10.1. The maximum atomic E-state index is 10.7. The molecule has 0 aliphatic heterocycles. The highest BCUT2D eigenvalue weighted by atomic mass is 16.3. The van der Waals surface area contributed by atoms with Crippen LogP contribution in [-0.4, -0.2) is 36.8 Å². The number of aliphatic hydroxyl groups is 1. The van der Waals surface area contributed by atoms with E-state index in [2.05, 4.69) is 59.7 Å². The highest BCUT2D eigenvalue weighted by Crippen LogP contribution is 2.66. The predicted octanol–water partition coefficient (Wildman–Crippen LogP) is 6.21. The molecule has 0 radical (unpaired) electrons. The van der Waals surface area contributed by atoms with Crippen molar-refractivity contribution in [2.45, 2.75) is 92.1 Å². The van der Waals surface area contributed by atoms with Crippen LogP contribution in [0.2, 0.25) is 0 Å². The van der Waals surface area contributed by atoms with Gasteiger partial charge in [-0.1, -0.05) is 46.3 Å². The van der Waals surface area contributed by atoms with Gasteiger partial charge >= 0.3 is 0 Å². The van der Waals surface area contributed by atoms with Crippen molar-refractivity contribution in [3.63, 3.8) is 0 Å². The second kappa shape index (κ2) is 7.23. The van der Waals surface area contributed by atoms with Gasteiger partial charge in [0.05, 0.1) is 6.10 Å². The predicted molar refractivity (Wildman–Crippen MR) is 123 cm³/mol. The summed E-state index contributed by atoms with van der Waals surface area (Å²) >= 11 is 0. The molecular formula is C27H45NO. The minimum atomic E-state index is -0.135. The molecule has 164 valence electrons. The Balaban J connectivity index is 1.63. The summed E-state index contributed by atoms with van der Waals surface area (Å²) in [6.45, 7) is 13.5. The van der Waals surface area contributed by atoms with E-state index < -0.39 is 0 Å². The molecule has 0 heterocycles. The first-order valence-corrected chi connectivity index (χ1v) is 12.3. The molecule has 0 bridgehead atoms.